The third-order valence-corrected chi connectivity index (χ3v) is 3.15. The number of hydrogen-bond acceptors (Lipinski definition) is 3. The highest BCUT2D eigenvalue weighted by molar-refractivity contribution is 6.33. The van der Waals surface area contributed by atoms with Gasteiger partial charge in [0.1, 0.15) is 0 Å². The molecule has 0 saturated carbocycles. The van der Waals surface area contributed by atoms with Crippen LogP contribution in [0, 0.1) is 0 Å². The number of nitrogens with zero attached hydrogens (tertiary/aromatic N) is 1. The fraction of sp³-hybridized carbons (Fsp3) is 0.235. The molecule has 0 aliphatic rings. The molecule has 0 unspecified atom stereocenters. The van der Waals surface area contributed by atoms with Gasteiger partial charge >= 0.3 is 0 Å². The zero-order valence-electron chi connectivity index (χ0n) is 11.9. The summed E-state index contributed by atoms with van der Waals surface area (Å²) in [5.41, 5.74) is 2.95. The van der Waals surface area contributed by atoms with Crippen molar-refractivity contribution in [2.24, 2.45) is 0 Å². The molecular formula is C17H17NO2. The van der Waals surface area contributed by atoms with Crippen molar-refractivity contribution in [3.05, 3.63) is 53.7 Å². The molecule has 0 amide bonds. The second-order valence-corrected chi connectivity index (χ2v) is 5.75. The number of ketones is 1. The fourth-order valence-corrected chi connectivity index (χ4v) is 1.95. The summed E-state index contributed by atoms with van der Waals surface area (Å²) in [5, 5.41) is 0. The molecule has 1 aromatic heterocycles. The molecule has 3 heteroatoms. The zero-order chi connectivity index (χ0) is 14.8. The average Bonchev–Trinajstić information content (AvgIpc) is 2.46. The van der Waals surface area contributed by atoms with E-state index in [0.717, 1.165) is 16.8 Å². The van der Waals surface area contributed by atoms with Gasteiger partial charge in [-0.05, 0) is 41.3 Å². The number of aromatic nitrogens is 1. The quantitative estimate of drug-likeness (QED) is 0.486. The molecule has 2 rings (SSSR count). The van der Waals surface area contributed by atoms with Crippen molar-refractivity contribution in [1.29, 1.82) is 0 Å². The van der Waals surface area contributed by atoms with E-state index in [4.69, 9.17) is 0 Å². The van der Waals surface area contributed by atoms with Crippen molar-refractivity contribution in [2.45, 2.75) is 26.2 Å². The van der Waals surface area contributed by atoms with Gasteiger partial charge in [0.05, 0.1) is 5.69 Å². The van der Waals surface area contributed by atoms with Crippen molar-refractivity contribution in [2.75, 3.05) is 0 Å². The van der Waals surface area contributed by atoms with E-state index in [9.17, 15) is 9.59 Å². The average molecular weight is 267 g/mol. The SMILES string of the molecule is CC(C)(C)c1cc(C(=O)C=O)cc(-c2ccccn2)c1. The highest BCUT2D eigenvalue weighted by atomic mass is 16.2. The normalized spacial score (nSPS) is 11.2. The Bertz CT molecular complexity index is 640. The molecule has 1 heterocycles. The molecule has 0 bridgehead atoms. The molecule has 3 nitrogen and oxygen atoms in total. The number of carbonyl (C=O) groups excluding carboxylic acids is 2. The van der Waals surface area contributed by atoms with E-state index in [1.54, 1.807) is 18.3 Å². The van der Waals surface area contributed by atoms with Crippen LogP contribution in [-0.2, 0) is 10.2 Å². The Morgan fingerprint density at radius 1 is 1.15 bits per heavy atom. The first kappa shape index (κ1) is 14.1. The monoisotopic (exact) mass is 267 g/mol. The van der Waals surface area contributed by atoms with Crippen LogP contribution in [0.5, 0.6) is 0 Å². The van der Waals surface area contributed by atoms with Gasteiger partial charge in [0.15, 0.2) is 6.29 Å². The summed E-state index contributed by atoms with van der Waals surface area (Å²) in [6, 6.07) is 11.1. The smallest absolute Gasteiger partial charge is 0.225 e. The molecule has 20 heavy (non-hydrogen) atoms. The van der Waals surface area contributed by atoms with Crippen LogP contribution in [-0.4, -0.2) is 17.1 Å². The summed E-state index contributed by atoms with van der Waals surface area (Å²) < 4.78 is 0. The number of benzene rings is 1. The summed E-state index contributed by atoms with van der Waals surface area (Å²) in [6.07, 6.45) is 2.06. The second-order valence-electron chi connectivity index (χ2n) is 5.75. The largest absolute Gasteiger partial charge is 0.294 e. The van der Waals surface area contributed by atoms with Gasteiger partial charge < -0.3 is 0 Å². The maximum absolute atomic E-state index is 11.7. The lowest BCUT2D eigenvalue weighted by atomic mass is 9.84. The molecule has 0 aliphatic carbocycles. The predicted molar refractivity (Wildman–Crippen MR) is 78.8 cm³/mol. The standard InChI is InChI=1S/C17H17NO2/c1-17(2,3)14-9-12(15-6-4-5-7-18-15)8-13(10-14)16(20)11-19/h4-11H,1-3H3. The molecule has 0 fully saturated rings. The minimum Gasteiger partial charge on any atom is -0.294 e. The van der Waals surface area contributed by atoms with Crippen LogP contribution in [0.15, 0.2) is 42.6 Å². The molecule has 0 spiro atoms. The molecule has 2 aromatic rings. The Labute approximate surface area is 118 Å². The Balaban J connectivity index is 2.63. The predicted octanol–water partition coefficient (Wildman–Crippen LogP) is 3.43. The lowest BCUT2D eigenvalue weighted by Gasteiger charge is -2.20. The third-order valence-electron chi connectivity index (χ3n) is 3.15. The van der Waals surface area contributed by atoms with Crippen molar-refractivity contribution >= 4 is 12.1 Å². The number of hydrogen-bond donors (Lipinski definition) is 0. The topological polar surface area (TPSA) is 47.0 Å². The maximum atomic E-state index is 11.7. The summed E-state index contributed by atoms with van der Waals surface area (Å²) in [5.74, 6) is -0.506. The number of rotatable bonds is 3. The molecule has 1 aromatic carbocycles. The highest BCUT2D eigenvalue weighted by Gasteiger charge is 2.18. The third kappa shape index (κ3) is 2.99. The van der Waals surface area contributed by atoms with Gasteiger partial charge in [-0.25, -0.2) is 0 Å². The summed E-state index contributed by atoms with van der Waals surface area (Å²) in [6.45, 7) is 6.21. The van der Waals surface area contributed by atoms with E-state index in [1.807, 2.05) is 24.3 Å². The Morgan fingerprint density at radius 3 is 2.45 bits per heavy atom. The lowest BCUT2D eigenvalue weighted by Crippen LogP contribution is -2.13. The van der Waals surface area contributed by atoms with Crippen LogP contribution in [0.25, 0.3) is 11.3 Å². The van der Waals surface area contributed by atoms with Crippen LogP contribution < -0.4 is 0 Å². The molecule has 0 atom stereocenters. The van der Waals surface area contributed by atoms with Gasteiger partial charge in [0.2, 0.25) is 5.78 Å². The number of pyridine rings is 1. The van der Waals surface area contributed by atoms with Crippen LogP contribution in [0.1, 0.15) is 36.7 Å². The molecule has 0 saturated heterocycles. The number of carbonyl (C=O) groups is 2. The van der Waals surface area contributed by atoms with Gasteiger partial charge in [0, 0.05) is 17.3 Å². The van der Waals surface area contributed by atoms with E-state index in [0.29, 0.717) is 11.8 Å². The summed E-state index contributed by atoms with van der Waals surface area (Å²) in [7, 11) is 0. The van der Waals surface area contributed by atoms with Crippen molar-refractivity contribution in [3.8, 4) is 11.3 Å². The fourth-order valence-electron chi connectivity index (χ4n) is 1.95. The zero-order valence-corrected chi connectivity index (χ0v) is 11.9. The van der Waals surface area contributed by atoms with Crippen molar-refractivity contribution in [3.63, 3.8) is 0 Å². The van der Waals surface area contributed by atoms with Crippen LogP contribution in [0.4, 0.5) is 0 Å². The Kier molecular flexibility index (Phi) is 3.79. The van der Waals surface area contributed by atoms with E-state index in [2.05, 4.69) is 25.8 Å². The molecule has 0 N–H and O–H groups in total. The van der Waals surface area contributed by atoms with Crippen molar-refractivity contribution < 1.29 is 9.59 Å². The van der Waals surface area contributed by atoms with Crippen LogP contribution in [0.3, 0.4) is 0 Å². The van der Waals surface area contributed by atoms with Gasteiger partial charge in [-0.1, -0.05) is 26.8 Å². The number of aldehydes is 1. The van der Waals surface area contributed by atoms with E-state index in [-0.39, 0.29) is 5.41 Å². The first-order chi connectivity index (χ1) is 9.41. The van der Waals surface area contributed by atoms with Gasteiger partial charge in [-0.3, -0.25) is 14.6 Å². The first-order valence-electron chi connectivity index (χ1n) is 6.48. The summed E-state index contributed by atoms with van der Waals surface area (Å²) >= 11 is 0. The van der Waals surface area contributed by atoms with Crippen LogP contribution in [0.2, 0.25) is 0 Å². The van der Waals surface area contributed by atoms with Crippen molar-refractivity contribution in [1.82, 2.24) is 4.98 Å². The van der Waals surface area contributed by atoms with Gasteiger partial charge in [-0.2, -0.15) is 0 Å². The summed E-state index contributed by atoms with van der Waals surface area (Å²) in [4.78, 5) is 26.7. The van der Waals surface area contributed by atoms with Gasteiger partial charge in [-0.15, -0.1) is 0 Å². The van der Waals surface area contributed by atoms with Crippen LogP contribution >= 0.6 is 0 Å². The molecular weight excluding hydrogens is 250 g/mol. The van der Waals surface area contributed by atoms with Gasteiger partial charge in [0.25, 0.3) is 0 Å². The highest BCUT2D eigenvalue weighted by Crippen LogP contribution is 2.28. The molecule has 0 radical (unpaired) electrons. The minimum absolute atomic E-state index is 0.108. The minimum atomic E-state index is -0.506. The molecule has 102 valence electrons. The second kappa shape index (κ2) is 5.37. The Hall–Kier alpha value is -2.29. The lowest BCUT2D eigenvalue weighted by molar-refractivity contribution is -0.104. The van der Waals surface area contributed by atoms with E-state index >= 15 is 0 Å². The first-order valence-corrected chi connectivity index (χ1v) is 6.48. The van der Waals surface area contributed by atoms with E-state index in [1.165, 1.54) is 0 Å². The van der Waals surface area contributed by atoms with E-state index < -0.39 is 5.78 Å². The maximum Gasteiger partial charge on any atom is 0.225 e. The Morgan fingerprint density at radius 2 is 1.90 bits per heavy atom. The number of Topliss-reactive ketones (excluding diaryl/α,β-unsaturated/α-hetero) is 1. The molecule has 0 aliphatic heterocycles.